The van der Waals surface area contributed by atoms with E-state index in [2.05, 4.69) is 40.8 Å². The predicted octanol–water partition coefficient (Wildman–Crippen LogP) is 4.11. The van der Waals surface area contributed by atoms with Crippen molar-refractivity contribution in [2.24, 2.45) is 0 Å². The minimum absolute atomic E-state index is 0.0227. The van der Waals surface area contributed by atoms with Crippen molar-refractivity contribution in [2.75, 3.05) is 6.61 Å². The molecule has 0 aliphatic carbocycles. The number of hydrogen-bond acceptors (Lipinski definition) is 3. The highest BCUT2D eigenvalue weighted by atomic mass is 28.4. The third kappa shape index (κ3) is 5.13. The van der Waals surface area contributed by atoms with E-state index in [0.717, 1.165) is 19.3 Å². The van der Waals surface area contributed by atoms with Gasteiger partial charge < -0.3 is 14.3 Å². The third-order valence-corrected chi connectivity index (χ3v) is 9.33. The first-order valence-electron chi connectivity index (χ1n) is 8.15. The van der Waals surface area contributed by atoms with Gasteiger partial charge in [0.15, 0.2) is 8.32 Å². The smallest absolute Gasteiger partial charge is 0.192 e. The maximum Gasteiger partial charge on any atom is 0.192 e. The lowest BCUT2D eigenvalue weighted by Crippen LogP contribution is -2.42. The van der Waals surface area contributed by atoms with E-state index in [9.17, 15) is 5.11 Å². The van der Waals surface area contributed by atoms with Crippen molar-refractivity contribution in [1.82, 2.24) is 0 Å². The molecule has 20 heavy (non-hydrogen) atoms. The second-order valence-electron chi connectivity index (χ2n) is 7.67. The van der Waals surface area contributed by atoms with Gasteiger partial charge in [0.05, 0.1) is 24.9 Å². The van der Waals surface area contributed by atoms with Crippen LogP contribution in [-0.2, 0) is 9.16 Å². The van der Waals surface area contributed by atoms with Crippen molar-refractivity contribution in [1.29, 1.82) is 0 Å². The zero-order chi connectivity index (χ0) is 15.4. The fourth-order valence-electron chi connectivity index (χ4n) is 2.30. The normalized spacial score (nSPS) is 28.1. The van der Waals surface area contributed by atoms with Gasteiger partial charge in [-0.05, 0) is 24.6 Å². The molecule has 0 bridgehead atoms. The van der Waals surface area contributed by atoms with E-state index in [4.69, 9.17) is 9.16 Å². The average Bonchev–Trinajstić information content (AvgIpc) is 2.67. The van der Waals surface area contributed by atoms with Crippen LogP contribution in [0.3, 0.4) is 0 Å². The summed E-state index contributed by atoms with van der Waals surface area (Å²) in [4.78, 5) is 0. The zero-order valence-corrected chi connectivity index (χ0v) is 15.2. The molecule has 1 aliphatic heterocycles. The lowest BCUT2D eigenvalue weighted by molar-refractivity contribution is -0.0123. The highest BCUT2D eigenvalue weighted by Crippen LogP contribution is 2.37. The first kappa shape index (κ1) is 18.1. The summed E-state index contributed by atoms with van der Waals surface area (Å²) in [5, 5.41) is 10.3. The lowest BCUT2D eigenvalue weighted by atomic mass is 10.1. The molecule has 0 aromatic heterocycles. The Morgan fingerprint density at radius 1 is 1.25 bits per heavy atom. The number of rotatable bonds is 7. The van der Waals surface area contributed by atoms with Crippen molar-refractivity contribution in [3.63, 3.8) is 0 Å². The maximum absolute atomic E-state index is 10.1. The second kappa shape index (κ2) is 7.39. The van der Waals surface area contributed by atoms with E-state index in [-0.39, 0.29) is 23.4 Å². The summed E-state index contributed by atoms with van der Waals surface area (Å²) >= 11 is 0. The van der Waals surface area contributed by atoms with Crippen LogP contribution < -0.4 is 0 Å². The van der Waals surface area contributed by atoms with Crippen LogP contribution in [-0.4, -0.2) is 38.3 Å². The number of hydrogen-bond donors (Lipinski definition) is 1. The lowest BCUT2D eigenvalue weighted by Gasteiger charge is -2.36. The van der Waals surface area contributed by atoms with Crippen LogP contribution in [0, 0.1) is 0 Å². The predicted molar refractivity (Wildman–Crippen MR) is 86.6 cm³/mol. The van der Waals surface area contributed by atoms with E-state index >= 15 is 0 Å². The monoisotopic (exact) mass is 302 g/mol. The molecule has 0 unspecified atom stereocenters. The third-order valence-electron chi connectivity index (χ3n) is 4.83. The molecule has 1 heterocycles. The van der Waals surface area contributed by atoms with Crippen LogP contribution in [0.4, 0.5) is 0 Å². The van der Waals surface area contributed by atoms with Gasteiger partial charge in [0.2, 0.25) is 0 Å². The Hall–Kier alpha value is 0.0969. The van der Waals surface area contributed by atoms with E-state index in [1.165, 1.54) is 12.8 Å². The zero-order valence-electron chi connectivity index (χ0n) is 14.2. The van der Waals surface area contributed by atoms with Crippen LogP contribution in [0.1, 0.15) is 59.8 Å². The van der Waals surface area contributed by atoms with E-state index in [0.29, 0.717) is 6.61 Å². The first-order valence-corrected chi connectivity index (χ1v) is 11.1. The highest BCUT2D eigenvalue weighted by Gasteiger charge is 2.39. The van der Waals surface area contributed by atoms with Crippen LogP contribution in [0.2, 0.25) is 18.1 Å². The van der Waals surface area contributed by atoms with Crippen molar-refractivity contribution in [3.8, 4) is 0 Å². The van der Waals surface area contributed by atoms with Crippen molar-refractivity contribution in [3.05, 3.63) is 0 Å². The molecule has 0 spiro atoms. The topological polar surface area (TPSA) is 38.7 Å². The molecule has 120 valence electrons. The maximum atomic E-state index is 10.1. The Morgan fingerprint density at radius 2 is 1.90 bits per heavy atom. The number of aliphatic hydroxyl groups excluding tert-OH is 1. The molecular weight excluding hydrogens is 268 g/mol. The number of aliphatic hydroxyl groups is 1. The Kier molecular flexibility index (Phi) is 6.70. The van der Waals surface area contributed by atoms with Crippen LogP contribution in [0.5, 0.6) is 0 Å². The first-order chi connectivity index (χ1) is 9.17. The molecule has 0 saturated carbocycles. The molecule has 0 aromatic rings. The number of unbranched alkanes of at least 4 members (excludes halogenated alkanes) is 2. The summed E-state index contributed by atoms with van der Waals surface area (Å²) in [6.45, 7) is 14.1. The Balaban J connectivity index is 2.36. The Bertz CT molecular complexity index is 286. The summed E-state index contributed by atoms with van der Waals surface area (Å²) in [6.07, 6.45) is 5.07. The molecule has 1 rings (SSSR count). The van der Waals surface area contributed by atoms with Crippen LogP contribution in [0.15, 0.2) is 0 Å². The molecule has 1 N–H and O–H groups in total. The number of ether oxygens (including phenoxy) is 1. The quantitative estimate of drug-likeness (QED) is 0.568. The van der Waals surface area contributed by atoms with Crippen LogP contribution in [0.25, 0.3) is 0 Å². The summed E-state index contributed by atoms with van der Waals surface area (Å²) < 4.78 is 12.2. The van der Waals surface area contributed by atoms with Gasteiger partial charge in [-0.25, -0.2) is 0 Å². The van der Waals surface area contributed by atoms with Gasteiger partial charge in [0.25, 0.3) is 0 Å². The molecular formula is C16H34O3Si. The Labute approximate surface area is 126 Å². The standard InChI is InChI=1S/C16H34O3Si/c1-7-8-9-10-15-14(17)11-13(19-15)12-18-20(5,6)16(2,3)4/h13-15,17H,7-12H2,1-6H3/t13-,14+,15-/m0/s1. The molecule has 1 fully saturated rings. The van der Waals surface area contributed by atoms with Gasteiger partial charge >= 0.3 is 0 Å². The van der Waals surface area contributed by atoms with Gasteiger partial charge in [-0.1, -0.05) is 47.0 Å². The summed E-state index contributed by atoms with van der Waals surface area (Å²) in [7, 11) is -1.71. The molecule has 0 amide bonds. The summed E-state index contributed by atoms with van der Waals surface area (Å²) in [6, 6.07) is 0. The molecule has 1 saturated heterocycles. The fraction of sp³-hybridized carbons (Fsp3) is 1.00. The van der Waals surface area contributed by atoms with Gasteiger partial charge in [-0.2, -0.15) is 0 Å². The minimum atomic E-state index is -1.71. The summed E-state index contributed by atoms with van der Waals surface area (Å²) in [5.74, 6) is 0. The largest absolute Gasteiger partial charge is 0.414 e. The summed E-state index contributed by atoms with van der Waals surface area (Å²) in [5.41, 5.74) is 0. The van der Waals surface area contributed by atoms with Gasteiger partial charge in [-0.3, -0.25) is 0 Å². The minimum Gasteiger partial charge on any atom is -0.414 e. The van der Waals surface area contributed by atoms with Crippen molar-refractivity contribution in [2.45, 2.75) is 96.2 Å². The Morgan fingerprint density at radius 3 is 2.45 bits per heavy atom. The fourth-order valence-corrected chi connectivity index (χ4v) is 3.33. The van der Waals surface area contributed by atoms with E-state index < -0.39 is 8.32 Å². The van der Waals surface area contributed by atoms with E-state index in [1.807, 2.05) is 0 Å². The van der Waals surface area contributed by atoms with Crippen LogP contribution >= 0.6 is 0 Å². The molecule has 3 nitrogen and oxygen atoms in total. The SMILES string of the molecule is CCCCC[C@@H]1O[C@H](CO[Si](C)(C)C(C)(C)C)C[C@H]1O. The van der Waals surface area contributed by atoms with Crippen molar-refractivity contribution >= 4 is 8.32 Å². The van der Waals surface area contributed by atoms with Gasteiger partial charge in [-0.15, -0.1) is 0 Å². The second-order valence-corrected chi connectivity index (χ2v) is 12.5. The molecule has 4 heteroatoms. The molecule has 1 aliphatic rings. The molecule has 3 atom stereocenters. The average molecular weight is 303 g/mol. The van der Waals surface area contributed by atoms with Crippen molar-refractivity contribution < 1.29 is 14.3 Å². The molecule has 0 radical (unpaired) electrons. The van der Waals surface area contributed by atoms with Gasteiger partial charge in [0.1, 0.15) is 0 Å². The highest BCUT2D eigenvalue weighted by molar-refractivity contribution is 6.74. The molecule has 0 aromatic carbocycles. The van der Waals surface area contributed by atoms with E-state index in [1.54, 1.807) is 0 Å². The van der Waals surface area contributed by atoms with Gasteiger partial charge in [0, 0.05) is 6.42 Å².